The van der Waals surface area contributed by atoms with Gasteiger partial charge < -0.3 is 20.4 Å². The van der Waals surface area contributed by atoms with E-state index in [0.29, 0.717) is 50.3 Å². The third-order valence-electron chi connectivity index (χ3n) is 6.98. The van der Waals surface area contributed by atoms with Crippen molar-refractivity contribution in [2.45, 2.75) is 32.7 Å². The molecule has 35 heavy (non-hydrogen) atoms. The summed E-state index contributed by atoms with van der Waals surface area (Å²) in [5.41, 5.74) is 0.518. The molecule has 1 aromatic heterocycles. The Kier molecular flexibility index (Phi) is 6.92. The molecule has 0 saturated carbocycles. The summed E-state index contributed by atoms with van der Waals surface area (Å²) in [5, 5.41) is 17.0. The number of carbonyl (C=O) groups is 2. The van der Waals surface area contributed by atoms with Crippen molar-refractivity contribution in [2.75, 3.05) is 43.4 Å². The standard InChI is InChI=1S/C26H33N7O2/c1-5-23(35)33-15-26(16-33)14-32(13-18(26)12-27)25-30-21-9-7-6-8-20(21)24(31-25)29-19(10-17(2)3)11-22(34)28-4/h5-9,17-19H,1,10-11,13-16H2,2-4H3,(H,28,34)(H,29,30,31)/t18?,19-/m0/s1. The van der Waals surface area contributed by atoms with Crippen molar-refractivity contribution >= 4 is 34.5 Å². The lowest BCUT2D eigenvalue weighted by Gasteiger charge is -2.48. The van der Waals surface area contributed by atoms with Gasteiger partial charge in [-0.1, -0.05) is 32.6 Å². The largest absolute Gasteiger partial charge is 0.366 e. The van der Waals surface area contributed by atoms with Gasteiger partial charge in [-0.3, -0.25) is 9.59 Å². The second kappa shape index (κ2) is 9.90. The smallest absolute Gasteiger partial charge is 0.245 e. The Morgan fingerprint density at radius 2 is 2.03 bits per heavy atom. The highest BCUT2D eigenvalue weighted by Crippen LogP contribution is 2.45. The van der Waals surface area contributed by atoms with Crippen LogP contribution in [0.15, 0.2) is 36.9 Å². The minimum absolute atomic E-state index is 0.0244. The molecular formula is C26H33N7O2. The topological polar surface area (TPSA) is 114 Å². The summed E-state index contributed by atoms with van der Waals surface area (Å²) in [6.45, 7) is 10.0. The summed E-state index contributed by atoms with van der Waals surface area (Å²) < 4.78 is 0. The van der Waals surface area contributed by atoms with Crippen LogP contribution in [0.1, 0.15) is 26.7 Å². The summed E-state index contributed by atoms with van der Waals surface area (Å²) in [5.74, 6) is 1.30. The number of nitrogens with one attached hydrogen (secondary N) is 2. The number of likely N-dealkylation sites (tertiary alicyclic amines) is 1. The first kappa shape index (κ1) is 24.5. The third-order valence-corrected chi connectivity index (χ3v) is 6.98. The number of fused-ring (bicyclic) bond motifs is 1. The second-order valence-corrected chi connectivity index (χ2v) is 10.1. The van der Waals surface area contributed by atoms with Crippen LogP contribution in [0.4, 0.5) is 11.8 Å². The number of anilines is 2. The van der Waals surface area contributed by atoms with Crippen LogP contribution in [-0.4, -0.2) is 66.0 Å². The fraction of sp³-hybridized carbons (Fsp3) is 0.500. The molecule has 2 aliphatic rings. The number of benzene rings is 1. The van der Waals surface area contributed by atoms with Crippen LogP contribution >= 0.6 is 0 Å². The van der Waals surface area contributed by atoms with E-state index >= 15 is 0 Å². The highest BCUT2D eigenvalue weighted by molar-refractivity contribution is 5.90. The molecule has 2 atom stereocenters. The molecule has 1 aromatic carbocycles. The molecule has 1 spiro atoms. The van der Waals surface area contributed by atoms with Gasteiger partial charge in [-0.05, 0) is 30.5 Å². The molecule has 2 aliphatic heterocycles. The van der Waals surface area contributed by atoms with E-state index in [4.69, 9.17) is 9.97 Å². The molecule has 0 radical (unpaired) electrons. The van der Waals surface area contributed by atoms with E-state index in [-0.39, 0.29) is 29.2 Å². The predicted octanol–water partition coefficient (Wildman–Crippen LogP) is 2.57. The molecule has 0 aliphatic carbocycles. The first-order valence-electron chi connectivity index (χ1n) is 12.1. The van der Waals surface area contributed by atoms with Gasteiger partial charge in [0, 0.05) is 56.5 Å². The lowest BCUT2D eigenvalue weighted by atomic mass is 9.72. The fourth-order valence-corrected chi connectivity index (χ4v) is 5.22. The lowest BCUT2D eigenvalue weighted by molar-refractivity contribution is -0.138. The van der Waals surface area contributed by atoms with E-state index in [1.165, 1.54) is 6.08 Å². The average molecular weight is 476 g/mol. The first-order valence-corrected chi connectivity index (χ1v) is 12.1. The average Bonchev–Trinajstić information content (AvgIpc) is 3.22. The van der Waals surface area contributed by atoms with Gasteiger partial charge in [-0.25, -0.2) is 4.98 Å². The Morgan fingerprint density at radius 3 is 2.69 bits per heavy atom. The van der Waals surface area contributed by atoms with Crippen molar-refractivity contribution < 1.29 is 9.59 Å². The zero-order chi connectivity index (χ0) is 25.2. The van der Waals surface area contributed by atoms with Gasteiger partial charge in [0.05, 0.1) is 17.5 Å². The summed E-state index contributed by atoms with van der Waals surface area (Å²) >= 11 is 0. The minimum Gasteiger partial charge on any atom is -0.366 e. The normalized spacial score (nSPS) is 19.3. The molecule has 184 valence electrons. The van der Waals surface area contributed by atoms with Gasteiger partial charge in [0.25, 0.3) is 0 Å². The zero-order valence-corrected chi connectivity index (χ0v) is 20.6. The minimum atomic E-state index is -0.282. The zero-order valence-electron chi connectivity index (χ0n) is 20.6. The number of amides is 2. The highest BCUT2D eigenvalue weighted by atomic mass is 16.2. The van der Waals surface area contributed by atoms with Gasteiger partial charge in [-0.15, -0.1) is 0 Å². The van der Waals surface area contributed by atoms with Crippen molar-refractivity contribution in [1.29, 1.82) is 5.26 Å². The maximum atomic E-state index is 12.2. The monoisotopic (exact) mass is 475 g/mol. The van der Waals surface area contributed by atoms with Gasteiger partial charge in [-0.2, -0.15) is 10.2 Å². The summed E-state index contributed by atoms with van der Waals surface area (Å²) in [6.07, 6.45) is 2.48. The number of rotatable bonds is 8. The Morgan fingerprint density at radius 1 is 1.29 bits per heavy atom. The molecule has 9 heteroatoms. The molecule has 0 bridgehead atoms. The number of aromatic nitrogens is 2. The van der Waals surface area contributed by atoms with Gasteiger partial charge >= 0.3 is 0 Å². The molecule has 3 heterocycles. The molecule has 9 nitrogen and oxygen atoms in total. The molecule has 2 fully saturated rings. The number of para-hydroxylation sites is 1. The van der Waals surface area contributed by atoms with Crippen LogP contribution in [0.25, 0.3) is 10.9 Å². The maximum absolute atomic E-state index is 12.2. The number of carbonyl (C=O) groups excluding carboxylic acids is 2. The van der Waals surface area contributed by atoms with E-state index in [1.807, 2.05) is 24.3 Å². The predicted molar refractivity (Wildman–Crippen MR) is 136 cm³/mol. The number of hydrogen-bond acceptors (Lipinski definition) is 7. The quantitative estimate of drug-likeness (QED) is 0.564. The molecule has 2 amide bonds. The van der Waals surface area contributed by atoms with Crippen molar-refractivity contribution in [2.24, 2.45) is 17.3 Å². The molecule has 2 aromatic rings. The van der Waals surface area contributed by atoms with Crippen LogP contribution < -0.4 is 15.5 Å². The lowest BCUT2D eigenvalue weighted by Crippen LogP contribution is -2.61. The van der Waals surface area contributed by atoms with Crippen LogP contribution in [-0.2, 0) is 9.59 Å². The Hall–Kier alpha value is -3.67. The Balaban J connectivity index is 1.63. The molecular weight excluding hydrogens is 442 g/mol. The van der Waals surface area contributed by atoms with Crippen molar-refractivity contribution in [3.8, 4) is 6.07 Å². The maximum Gasteiger partial charge on any atom is 0.245 e. The van der Waals surface area contributed by atoms with Gasteiger partial charge in [0.1, 0.15) is 5.82 Å². The molecule has 4 rings (SSSR count). The van der Waals surface area contributed by atoms with Crippen LogP contribution in [0.2, 0.25) is 0 Å². The van der Waals surface area contributed by atoms with Crippen LogP contribution in [0.3, 0.4) is 0 Å². The molecule has 2 N–H and O–H groups in total. The van der Waals surface area contributed by atoms with E-state index in [0.717, 1.165) is 17.3 Å². The van der Waals surface area contributed by atoms with Crippen molar-refractivity contribution in [1.82, 2.24) is 20.2 Å². The molecule has 2 saturated heterocycles. The van der Waals surface area contributed by atoms with E-state index in [1.54, 1.807) is 11.9 Å². The van der Waals surface area contributed by atoms with Crippen LogP contribution in [0.5, 0.6) is 0 Å². The number of hydrogen-bond donors (Lipinski definition) is 2. The first-order chi connectivity index (χ1) is 16.8. The highest BCUT2D eigenvalue weighted by Gasteiger charge is 2.56. The fourth-order valence-electron chi connectivity index (χ4n) is 5.22. The number of nitriles is 1. The van der Waals surface area contributed by atoms with E-state index in [2.05, 4.69) is 42.0 Å². The summed E-state index contributed by atoms with van der Waals surface area (Å²) in [7, 11) is 1.64. The second-order valence-electron chi connectivity index (χ2n) is 10.1. The van der Waals surface area contributed by atoms with E-state index < -0.39 is 0 Å². The third kappa shape index (κ3) is 4.92. The van der Waals surface area contributed by atoms with E-state index in [9.17, 15) is 14.9 Å². The summed E-state index contributed by atoms with van der Waals surface area (Å²) in [6, 6.07) is 10.2. The Bertz CT molecular complexity index is 1170. The Labute approximate surface area is 206 Å². The van der Waals surface area contributed by atoms with Gasteiger partial charge in [0.2, 0.25) is 17.8 Å². The summed E-state index contributed by atoms with van der Waals surface area (Å²) in [4.78, 5) is 37.6. The molecule has 1 unspecified atom stereocenters. The van der Waals surface area contributed by atoms with Gasteiger partial charge in [0.15, 0.2) is 0 Å². The number of nitrogens with zero attached hydrogens (tertiary/aromatic N) is 5. The van der Waals surface area contributed by atoms with Crippen LogP contribution in [0, 0.1) is 28.6 Å². The van der Waals surface area contributed by atoms with Crippen molar-refractivity contribution in [3.63, 3.8) is 0 Å². The SMILES string of the molecule is C=CC(=O)N1CC2(C1)CN(c1nc(N[C@H](CC(=O)NC)CC(C)C)c3ccccc3n1)CC2C#N. The van der Waals surface area contributed by atoms with Crippen molar-refractivity contribution in [3.05, 3.63) is 36.9 Å².